The highest BCUT2D eigenvalue weighted by atomic mass is 32.2. The number of carboxylic acid groups (broad SMARTS) is 1. The van der Waals surface area contributed by atoms with Crippen molar-refractivity contribution in [3.8, 4) is 0 Å². The van der Waals surface area contributed by atoms with Crippen LogP contribution in [0.5, 0.6) is 0 Å². The van der Waals surface area contributed by atoms with Crippen LogP contribution < -0.4 is 4.72 Å². The topological polar surface area (TPSA) is 96.4 Å². The Bertz CT molecular complexity index is 788. The van der Waals surface area contributed by atoms with Gasteiger partial charge in [0.1, 0.15) is 11.6 Å². The van der Waals surface area contributed by atoms with Crippen molar-refractivity contribution in [2.75, 3.05) is 4.72 Å². The summed E-state index contributed by atoms with van der Waals surface area (Å²) in [6.07, 6.45) is 1.17. The molecule has 6 nitrogen and oxygen atoms in total. The van der Waals surface area contributed by atoms with Crippen molar-refractivity contribution in [3.05, 3.63) is 53.9 Å². The van der Waals surface area contributed by atoms with Gasteiger partial charge in [-0.1, -0.05) is 0 Å². The summed E-state index contributed by atoms with van der Waals surface area (Å²) in [7, 11) is -4.35. The van der Waals surface area contributed by atoms with Crippen LogP contribution in [-0.2, 0) is 10.0 Å². The number of sulfonamides is 1. The van der Waals surface area contributed by atoms with E-state index in [-0.39, 0.29) is 5.69 Å². The second kappa shape index (κ2) is 5.44. The monoisotopic (exact) mass is 314 g/mol. The average molecular weight is 314 g/mol. The van der Waals surface area contributed by atoms with Crippen molar-refractivity contribution < 1.29 is 27.1 Å². The van der Waals surface area contributed by atoms with Crippen molar-refractivity contribution in [3.63, 3.8) is 0 Å². The van der Waals surface area contributed by atoms with Gasteiger partial charge in [-0.25, -0.2) is 27.0 Å². The van der Waals surface area contributed by atoms with Gasteiger partial charge in [0.25, 0.3) is 10.0 Å². The molecule has 0 spiro atoms. The average Bonchev–Trinajstić information content (AvgIpc) is 2.37. The Morgan fingerprint density at radius 1 is 1.19 bits per heavy atom. The molecule has 0 saturated carbocycles. The van der Waals surface area contributed by atoms with Crippen molar-refractivity contribution in [2.24, 2.45) is 0 Å². The number of anilines is 1. The van der Waals surface area contributed by atoms with Crippen LogP contribution in [0.25, 0.3) is 0 Å². The van der Waals surface area contributed by atoms with E-state index in [2.05, 4.69) is 4.98 Å². The van der Waals surface area contributed by atoms with Gasteiger partial charge in [0.2, 0.25) is 0 Å². The van der Waals surface area contributed by atoms with E-state index in [0.29, 0.717) is 18.2 Å². The van der Waals surface area contributed by atoms with E-state index < -0.39 is 38.2 Å². The van der Waals surface area contributed by atoms with E-state index >= 15 is 0 Å². The van der Waals surface area contributed by atoms with Gasteiger partial charge in [0.15, 0.2) is 5.69 Å². The Balaban J connectivity index is 2.45. The highest BCUT2D eigenvalue weighted by Crippen LogP contribution is 2.20. The fourth-order valence-corrected chi connectivity index (χ4v) is 2.65. The molecule has 2 aromatic rings. The van der Waals surface area contributed by atoms with Crippen molar-refractivity contribution in [2.45, 2.75) is 4.90 Å². The van der Waals surface area contributed by atoms with Crippen LogP contribution in [0.4, 0.5) is 14.5 Å². The molecular formula is C12H8F2N2O4S. The first kappa shape index (κ1) is 14.9. The molecule has 1 aromatic heterocycles. The van der Waals surface area contributed by atoms with Crippen LogP contribution in [0.1, 0.15) is 10.5 Å². The number of benzene rings is 1. The summed E-state index contributed by atoms with van der Waals surface area (Å²) in [6.45, 7) is 0. The number of carboxylic acids is 1. The van der Waals surface area contributed by atoms with Gasteiger partial charge in [0.05, 0.1) is 10.6 Å². The fraction of sp³-hybridized carbons (Fsp3) is 0. The number of nitrogens with one attached hydrogen (secondary N) is 1. The fourth-order valence-electron chi connectivity index (χ4n) is 1.55. The Hall–Kier alpha value is -2.55. The molecule has 0 bridgehead atoms. The Kier molecular flexibility index (Phi) is 3.85. The molecule has 2 N–H and O–H groups in total. The number of halogens is 2. The van der Waals surface area contributed by atoms with Gasteiger partial charge < -0.3 is 5.11 Å². The van der Waals surface area contributed by atoms with E-state index in [1.807, 2.05) is 4.72 Å². The predicted octanol–water partition coefficient (Wildman–Crippen LogP) is 1.86. The summed E-state index contributed by atoms with van der Waals surface area (Å²) in [5.41, 5.74) is -0.840. The molecule has 21 heavy (non-hydrogen) atoms. The van der Waals surface area contributed by atoms with Crippen LogP contribution >= 0.6 is 0 Å². The maximum Gasteiger partial charge on any atom is 0.356 e. The molecule has 0 aliphatic rings. The lowest BCUT2D eigenvalue weighted by Crippen LogP contribution is -2.16. The smallest absolute Gasteiger partial charge is 0.356 e. The van der Waals surface area contributed by atoms with Gasteiger partial charge in [0, 0.05) is 12.3 Å². The molecule has 9 heteroatoms. The Morgan fingerprint density at radius 3 is 2.38 bits per heavy atom. The number of rotatable bonds is 4. The minimum absolute atomic E-state index is 0.310. The third-order valence-electron chi connectivity index (χ3n) is 2.40. The summed E-state index contributed by atoms with van der Waals surface area (Å²) in [5, 5.41) is 8.90. The van der Waals surface area contributed by atoms with Crippen LogP contribution in [0.2, 0.25) is 0 Å². The molecule has 0 saturated heterocycles. The minimum atomic E-state index is -4.35. The van der Waals surface area contributed by atoms with Crippen LogP contribution in [0.15, 0.2) is 41.4 Å². The predicted molar refractivity (Wildman–Crippen MR) is 68.4 cm³/mol. The summed E-state index contributed by atoms with van der Waals surface area (Å²) in [5.74, 6) is -3.58. The summed E-state index contributed by atoms with van der Waals surface area (Å²) in [4.78, 5) is 13.8. The summed E-state index contributed by atoms with van der Waals surface area (Å²) in [6, 6.07) is 4.23. The van der Waals surface area contributed by atoms with Crippen LogP contribution in [-0.4, -0.2) is 24.5 Å². The lowest BCUT2D eigenvalue weighted by molar-refractivity contribution is 0.0692. The lowest BCUT2D eigenvalue weighted by atomic mass is 10.3. The lowest BCUT2D eigenvalue weighted by Gasteiger charge is -2.10. The Labute approximate surface area is 118 Å². The first-order chi connectivity index (χ1) is 9.79. The SMILES string of the molecule is O=C(O)c1ncccc1NS(=O)(=O)c1cc(F)cc(F)c1. The molecule has 1 heterocycles. The molecule has 0 atom stereocenters. The normalized spacial score (nSPS) is 11.1. The number of aromatic carboxylic acids is 1. The van der Waals surface area contributed by atoms with Gasteiger partial charge in [-0.3, -0.25) is 4.72 Å². The van der Waals surface area contributed by atoms with Crippen molar-refractivity contribution >= 4 is 21.7 Å². The number of pyridine rings is 1. The van der Waals surface area contributed by atoms with Gasteiger partial charge >= 0.3 is 5.97 Å². The number of carbonyl (C=O) groups is 1. The maximum absolute atomic E-state index is 13.1. The zero-order valence-corrected chi connectivity index (χ0v) is 11.1. The second-order valence-corrected chi connectivity index (χ2v) is 5.60. The maximum atomic E-state index is 13.1. The molecule has 0 unspecified atom stereocenters. The molecule has 0 radical (unpaired) electrons. The molecule has 0 amide bonds. The molecule has 0 fully saturated rings. The van der Waals surface area contributed by atoms with Gasteiger partial charge in [-0.15, -0.1) is 0 Å². The molecule has 1 aromatic carbocycles. The van der Waals surface area contributed by atoms with E-state index in [0.717, 1.165) is 0 Å². The van der Waals surface area contributed by atoms with Crippen molar-refractivity contribution in [1.29, 1.82) is 0 Å². The standard InChI is InChI=1S/C12H8F2N2O4S/c13-7-4-8(14)6-9(5-7)21(19,20)16-10-2-1-3-15-11(10)12(17)18/h1-6,16H,(H,17,18). The number of hydrogen-bond donors (Lipinski definition) is 2. The molecule has 110 valence electrons. The van der Waals surface area contributed by atoms with Crippen LogP contribution in [0, 0.1) is 11.6 Å². The molecule has 0 aliphatic carbocycles. The summed E-state index contributed by atoms with van der Waals surface area (Å²) >= 11 is 0. The highest BCUT2D eigenvalue weighted by molar-refractivity contribution is 7.92. The first-order valence-corrected chi connectivity index (χ1v) is 6.95. The number of aromatic nitrogens is 1. The van der Waals surface area contributed by atoms with Gasteiger partial charge in [-0.2, -0.15) is 0 Å². The van der Waals surface area contributed by atoms with E-state index in [4.69, 9.17) is 5.11 Å². The molecule has 2 rings (SSSR count). The van der Waals surface area contributed by atoms with E-state index in [1.165, 1.54) is 18.3 Å². The van der Waals surface area contributed by atoms with Crippen LogP contribution in [0.3, 0.4) is 0 Å². The van der Waals surface area contributed by atoms with E-state index in [1.54, 1.807) is 0 Å². The minimum Gasteiger partial charge on any atom is -0.476 e. The Morgan fingerprint density at radius 2 is 1.81 bits per heavy atom. The van der Waals surface area contributed by atoms with Gasteiger partial charge in [-0.05, 0) is 24.3 Å². The largest absolute Gasteiger partial charge is 0.476 e. The zero-order chi connectivity index (χ0) is 15.6. The zero-order valence-electron chi connectivity index (χ0n) is 10.2. The van der Waals surface area contributed by atoms with E-state index in [9.17, 15) is 22.0 Å². The molecular weight excluding hydrogens is 306 g/mol. The summed E-state index contributed by atoms with van der Waals surface area (Å²) < 4.78 is 52.1. The highest BCUT2D eigenvalue weighted by Gasteiger charge is 2.20. The second-order valence-electron chi connectivity index (χ2n) is 3.92. The quantitative estimate of drug-likeness (QED) is 0.898. The van der Waals surface area contributed by atoms with Crippen molar-refractivity contribution in [1.82, 2.24) is 4.98 Å². The first-order valence-electron chi connectivity index (χ1n) is 5.47. The number of nitrogens with zero attached hydrogens (tertiary/aromatic N) is 1. The third-order valence-corrected chi connectivity index (χ3v) is 3.75. The number of hydrogen-bond acceptors (Lipinski definition) is 4. The third kappa shape index (κ3) is 3.31. The molecule has 0 aliphatic heterocycles.